The van der Waals surface area contributed by atoms with Crippen LogP contribution < -0.4 is 5.32 Å². The molecule has 1 aliphatic rings. The summed E-state index contributed by atoms with van der Waals surface area (Å²) in [5.74, 6) is 0.268. The molecule has 0 saturated carbocycles. The Morgan fingerprint density at radius 3 is 2.55 bits per heavy atom. The van der Waals surface area contributed by atoms with Crippen LogP contribution in [0.1, 0.15) is 43.2 Å². The van der Waals surface area contributed by atoms with Crippen LogP contribution in [0.25, 0.3) is 0 Å². The van der Waals surface area contributed by atoms with Gasteiger partial charge in [-0.05, 0) is 37.0 Å². The van der Waals surface area contributed by atoms with Gasteiger partial charge in [-0.3, -0.25) is 4.79 Å². The van der Waals surface area contributed by atoms with Crippen LogP contribution in [0.5, 0.6) is 0 Å². The third-order valence-corrected chi connectivity index (χ3v) is 5.47. The van der Waals surface area contributed by atoms with Gasteiger partial charge in [-0.25, -0.2) is 4.79 Å². The zero-order chi connectivity index (χ0) is 16.2. The summed E-state index contributed by atoms with van der Waals surface area (Å²) in [5, 5.41) is 12.2. The zero-order valence-corrected chi connectivity index (χ0v) is 13.9. The SMILES string of the molecule is CCC(CC(=O)NC1(C(=O)O)CCSC1)c1ccc(C)cc1. The van der Waals surface area contributed by atoms with Crippen LogP contribution in [-0.4, -0.2) is 34.0 Å². The van der Waals surface area contributed by atoms with Crippen molar-refractivity contribution in [2.75, 3.05) is 11.5 Å². The number of benzene rings is 1. The summed E-state index contributed by atoms with van der Waals surface area (Å²) in [6.07, 6.45) is 1.69. The number of carbonyl (C=O) groups is 2. The van der Waals surface area contributed by atoms with Crippen molar-refractivity contribution in [3.05, 3.63) is 35.4 Å². The Kier molecular flexibility index (Phi) is 5.51. The van der Waals surface area contributed by atoms with E-state index in [4.69, 9.17) is 0 Å². The van der Waals surface area contributed by atoms with Gasteiger partial charge >= 0.3 is 5.97 Å². The normalized spacial score (nSPS) is 22.3. The Labute approximate surface area is 135 Å². The van der Waals surface area contributed by atoms with Crippen LogP contribution >= 0.6 is 11.8 Å². The predicted octanol–water partition coefficient (Wildman–Crippen LogP) is 2.96. The summed E-state index contributed by atoms with van der Waals surface area (Å²) in [7, 11) is 0. The van der Waals surface area contributed by atoms with Gasteiger partial charge < -0.3 is 10.4 Å². The van der Waals surface area contributed by atoms with Crippen LogP contribution in [0.3, 0.4) is 0 Å². The van der Waals surface area contributed by atoms with Crippen molar-refractivity contribution in [1.29, 1.82) is 0 Å². The number of aliphatic carboxylic acids is 1. The van der Waals surface area contributed by atoms with E-state index in [1.807, 2.05) is 19.1 Å². The first-order chi connectivity index (χ1) is 10.5. The molecule has 2 N–H and O–H groups in total. The summed E-state index contributed by atoms with van der Waals surface area (Å²) in [6.45, 7) is 4.09. The molecular weight excluding hydrogens is 298 g/mol. The molecular formula is C17H23NO3S. The summed E-state index contributed by atoms with van der Waals surface area (Å²) < 4.78 is 0. The molecule has 1 saturated heterocycles. The van der Waals surface area contributed by atoms with Gasteiger partial charge in [-0.15, -0.1) is 0 Å². The molecule has 1 aromatic rings. The van der Waals surface area contributed by atoms with Crippen molar-refractivity contribution in [3.63, 3.8) is 0 Å². The van der Waals surface area contributed by atoms with Crippen molar-refractivity contribution in [3.8, 4) is 0 Å². The van der Waals surface area contributed by atoms with Crippen molar-refractivity contribution in [1.82, 2.24) is 5.32 Å². The fourth-order valence-electron chi connectivity index (χ4n) is 2.76. The van der Waals surface area contributed by atoms with Crippen LogP contribution in [0.4, 0.5) is 0 Å². The lowest BCUT2D eigenvalue weighted by molar-refractivity contribution is -0.146. The van der Waals surface area contributed by atoms with Gasteiger partial charge in [0.2, 0.25) is 5.91 Å². The molecule has 1 fully saturated rings. The Bertz CT molecular complexity index is 535. The molecule has 4 nitrogen and oxygen atoms in total. The molecule has 5 heteroatoms. The first kappa shape index (κ1) is 16.9. The molecule has 1 amide bonds. The van der Waals surface area contributed by atoms with Crippen molar-refractivity contribution < 1.29 is 14.7 Å². The number of hydrogen-bond donors (Lipinski definition) is 2. The predicted molar refractivity (Wildman–Crippen MR) is 89.3 cm³/mol. The first-order valence-electron chi connectivity index (χ1n) is 7.65. The summed E-state index contributed by atoms with van der Waals surface area (Å²) >= 11 is 1.58. The molecule has 0 bridgehead atoms. The maximum Gasteiger partial charge on any atom is 0.330 e. The second kappa shape index (κ2) is 7.18. The second-order valence-electron chi connectivity index (χ2n) is 5.96. The Morgan fingerprint density at radius 1 is 1.36 bits per heavy atom. The Morgan fingerprint density at radius 2 is 2.05 bits per heavy atom. The molecule has 120 valence electrons. The van der Waals surface area contributed by atoms with E-state index in [0.29, 0.717) is 18.6 Å². The van der Waals surface area contributed by atoms with E-state index < -0.39 is 11.5 Å². The molecule has 0 aliphatic carbocycles. The van der Waals surface area contributed by atoms with Crippen LogP contribution in [0.2, 0.25) is 0 Å². The minimum atomic E-state index is -1.08. The third-order valence-electron chi connectivity index (χ3n) is 4.28. The minimum absolute atomic E-state index is 0.125. The average Bonchev–Trinajstić information content (AvgIpc) is 2.95. The number of carboxylic acids is 1. The number of carboxylic acid groups (broad SMARTS) is 1. The van der Waals surface area contributed by atoms with Gasteiger partial charge in [0, 0.05) is 12.2 Å². The average molecular weight is 321 g/mol. The van der Waals surface area contributed by atoms with E-state index in [1.54, 1.807) is 11.8 Å². The van der Waals surface area contributed by atoms with Crippen molar-refractivity contribution in [2.24, 2.45) is 0 Å². The highest BCUT2D eigenvalue weighted by molar-refractivity contribution is 7.99. The third kappa shape index (κ3) is 3.83. The largest absolute Gasteiger partial charge is 0.479 e. The smallest absolute Gasteiger partial charge is 0.330 e. The summed E-state index contributed by atoms with van der Waals surface area (Å²) in [4.78, 5) is 23.8. The van der Waals surface area contributed by atoms with E-state index in [2.05, 4.69) is 24.4 Å². The molecule has 2 rings (SSSR count). The maximum absolute atomic E-state index is 12.3. The summed E-state index contributed by atoms with van der Waals surface area (Å²) in [6, 6.07) is 8.19. The van der Waals surface area contributed by atoms with Gasteiger partial charge in [0.1, 0.15) is 5.54 Å². The quantitative estimate of drug-likeness (QED) is 0.845. The number of hydrogen-bond acceptors (Lipinski definition) is 3. The van der Waals surface area contributed by atoms with Crippen LogP contribution in [0.15, 0.2) is 24.3 Å². The highest BCUT2D eigenvalue weighted by atomic mass is 32.2. The fraction of sp³-hybridized carbons (Fsp3) is 0.529. The van der Waals surface area contributed by atoms with Crippen LogP contribution in [-0.2, 0) is 9.59 Å². The van der Waals surface area contributed by atoms with E-state index >= 15 is 0 Å². The molecule has 1 heterocycles. The fourth-order valence-corrected chi connectivity index (χ4v) is 4.09. The van der Waals surface area contributed by atoms with Crippen molar-refractivity contribution >= 4 is 23.6 Å². The molecule has 22 heavy (non-hydrogen) atoms. The van der Waals surface area contributed by atoms with Gasteiger partial charge in [-0.1, -0.05) is 36.8 Å². The van der Waals surface area contributed by atoms with E-state index in [9.17, 15) is 14.7 Å². The van der Waals surface area contributed by atoms with E-state index in [-0.39, 0.29) is 11.8 Å². The molecule has 2 atom stereocenters. The number of amides is 1. The van der Waals surface area contributed by atoms with E-state index in [0.717, 1.165) is 17.7 Å². The molecule has 2 unspecified atom stereocenters. The highest BCUT2D eigenvalue weighted by Crippen LogP contribution is 2.29. The topological polar surface area (TPSA) is 66.4 Å². The Hall–Kier alpha value is -1.49. The first-order valence-corrected chi connectivity index (χ1v) is 8.81. The lowest BCUT2D eigenvalue weighted by Gasteiger charge is -2.26. The molecule has 0 radical (unpaired) electrons. The lowest BCUT2D eigenvalue weighted by Crippen LogP contribution is -2.54. The number of thioether (sulfide) groups is 1. The molecule has 0 aromatic heterocycles. The monoisotopic (exact) mass is 321 g/mol. The van der Waals surface area contributed by atoms with Gasteiger partial charge in [0.25, 0.3) is 0 Å². The Balaban J connectivity index is 2.03. The maximum atomic E-state index is 12.3. The van der Waals surface area contributed by atoms with Crippen molar-refractivity contribution in [2.45, 2.75) is 44.6 Å². The highest BCUT2D eigenvalue weighted by Gasteiger charge is 2.43. The van der Waals surface area contributed by atoms with Crippen LogP contribution in [0, 0.1) is 6.92 Å². The number of carbonyl (C=O) groups excluding carboxylic acids is 1. The number of rotatable bonds is 6. The molecule has 0 spiro atoms. The number of nitrogens with one attached hydrogen (secondary N) is 1. The zero-order valence-electron chi connectivity index (χ0n) is 13.1. The van der Waals surface area contributed by atoms with Gasteiger partial charge in [-0.2, -0.15) is 11.8 Å². The van der Waals surface area contributed by atoms with E-state index in [1.165, 1.54) is 5.56 Å². The molecule has 1 aliphatic heterocycles. The minimum Gasteiger partial charge on any atom is -0.479 e. The lowest BCUT2D eigenvalue weighted by atomic mass is 9.91. The number of aryl methyl sites for hydroxylation is 1. The standard InChI is InChI=1S/C17H23NO3S/c1-3-13(14-6-4-12(2)5-7-14)10-15(19)18-17(16(20)21)8-9-22-11-17/h4-7,13H,3,8-11H2,1-2H3,(H,18,19)(H,20,21). The van der Waals surface area contributed by atoms with Gasteiger partial charge in [0.15, 0.2) is 0 Å². The summed E-state index contributed by atoms with van der Waals surface area (Å²) in [5.41, 5.74) is 1.25. The molecule has 1 aromatic carbocycles. The second-order valence-corrected chi connectivity index (χ2v) is 7.06. The van der Waals surface area contributed by atoms with Gasteiger partial charge in [0.05, 0.1) is 0 Å².